The fourth-order valence-electron chi connectivity index (χ4n) is 7.30. The molecule has 7 nitrogen and oxygen atoms in total. The van der Waals surface area contributed by atoms with Crippen LogP contribution in [0.2, 0.25) is 0 Å². The Morgan fingerprint density at radius 2 is 1.53 bits per heavy atom. The number of pyridine rings is 1. The van der Waals surface area contributed by atoms with Crippen molar-refractivity contribution in [2.45, 2.75) is 49.8 Å². The Labute approximate surface area is 254 Å². The summed E-state index contributed by atoms with van der Waals surface area (Å²) in [7, 11) is -3.77. The van der Waals surface area contributed by atoms with Crippen molar-refractivity contribution in [3.8, 4) is 0 Å². The molecule has 222 valence electrons. The van der Waals surface area contributed by atoms with Gasteiger partial charge in [-0.2, -0.15) is 0 Å². The van der Waals surface area contributed by atoms with E-state index in [4.69, 9.17) is 0 Å². The first-order chi connectivity index (χ1) is 20.9. The van der Waals surface area contributed by atoms with Gasteiger partial charge in [0.15, 0.2) is 0 Å². The number of sulfonamides is 1. The molecular weight excluding hydrogens is 556 g/mol. The second-order valence-corrected chi connectivity index (χ2v) is 14.2. The minimum atomic E-state index is -3.77. The number of anilines is 2. The SMILES string of the molecule is O=C(Cc1ccc2c(c1)N(S(=O)(=O)c1cccc3ccccc13)CCC2)N1CCC2(CC1)CCN(c1ccncc1)CC2. The third-order valence-electron chi connectivity index (χ3n) is 9.93. The highest BCUT2D eigenvalue weighted by Crippen LogP contribution is 2.42. The summed E-state index contributed by atoms with van der Waals surface area (Å²) in [6.45, 7) is 4.11. The molecule has 0 N–H and O–H groups in total. The molecule has 3 aromatic carbocycles. The van der Waals surface area contributed by atoms with Gasteiger partial charge in [-0.3, -0.25) is 14.1 Å². The molecule has 4 heterocycles. The van der Waals surface area contributed by atoms with Gasteiger partial charge in [-0.1, -0.05) is 48.5 Å². The van der Waals surface area contributed by atoms with Crippen molar-refractivity contribution < 1.29 is 13.2 Å². The number of hydrogen-bond donors (Lipinski definition) is 0. The van der Waals surface area contributed by atoms with Gasteiger partial charge in [0.1, 0.15) is 0 Å². The Hall–Kier alpha value is -3.91. The zero-order valence-electron chi connectivity index (χ0n) is 24.5. The molecule has 3 aliphatic heterocycles. The number of aryl methyl sites for hydroxylation is 1. The van der Waals surface area contributed by atoms with Crippen LogP contribution in [-0.4, -0.2) is 56.9 Å². The van der Waals surface area contributed by atoms with E-state index in [-0.39, 0.29) is 12.3 Å². The van der Waals surface area contributed by atoms with Crippen LogP contribution in [0.4, 0.5) is 11.4 Å². The highest BCUT2D eigenvalue weighted by molar-refractivity contribution is 7.93. The van der Waals surface area contributed by atoms with Gasteiger partial charge in [0.25, 0.3) is 10.0 Å². The van der Waals surface area contributed by atoms with Gasteiger partial charge in [0.05, 0.1) is 17.0 Å². The smallest absolute Gasteiger partial charge is 0.264 e. The topological polar surface area (TPSA) is 73.8 Å². The van der Waals surface area contributed by atoms with E-state index in [1.807, 2.05) is 71.9 Å². The van der Waals surface area contributed by atoms with E-state index < -0.39 is 10.0 Å². The first kappa shape index (κ1) is 27.9. The number of aromatic nitrogens is 1. The van der Waals surface area contributed by atoms with Crippen molar-refractivity contribution >= 4 is 38.1 Å². The quantitative estimate of drug-likeness (QED) is 0.291. The molecule has 7 rings (SSSR count). The molecule has 1 spiro atoms. The molecule has 8 heteroatoms. The molecule has 0 unspecified atom stereocenters. The van der Waals surface area contributed by atoms with Gasteiger partial charge >= 0.3 is 0 Å². The third kappa shape index (κ3) is 5.37. The predicted octanol–water partition coefficient (Wildman–Crippen LogP) is 5.83. The van der Waals surface area contributed by atoms with Crippen molar-refractivity contribution in [3.05, 3.63) is 96.3 Å². The number of hydrogen-bond acceptors (Lipinski definition) is 5. The van der Waals surface area contributed by atoms with Crippen LogP contribution in [0.25, 0.3) is 10.8 Å². The lowest BCUT2D eigenvalue weighted by atomic mass is 9.71. The van der Waals surface area contributed by atoms with Crippen LogP contribution in [0.15, 0.2) is 90.1 Å². The number of rotatable bonds is 5. The van der Waals surface area contributed by atoms with E-state index >= 15 is 0 Å². The number of nitrogens with zero attached hydrogens (tertiary/aromatic N) is 4. The molecule has 0 saturated carbocycles. The zero-order valence-corrected chi connectivity index (χ0v) is 25.3. The molecular formula is C35H38N4O3S. The number of amides is 1. The third-order valence-corrected chi connectivity index (χ3v) is 11.8. The highest BCUT2D eigenvalue weighted by atomic mass is 32.2. The van der Waals surface area contributed by atoms with E-state index in [1.54, 1.807) is 10.4 Å². The molecule has 43 heavy (non-hydrogen) atoms. The Morgan fingerprint density at radius 3 is 2.33 bits per heavy atom. The van der Waals surface area contributed by atoms with E-state index in [1.165, 1.54) is 5.69 Å². The van der Waals surface area contributed by atoms with Crippen molar-refractivity contribution in [2.75, 3.05) is 41.9 Å². The summed E-state index contributed by atoms with van der Waals surface area (Å²) in [4.78, 5) is 22.4. The second-order valence-electron chi connectivity index (χ2n) is 12.4. The van der Waals surface area contributed by atoms with Crippen molar-refractivity contribution in [3.63, 3.8) is 0 Å². The van der Waals surface area contributed by atoms with Crippen LogP contribution in [0, 0.1) is 5.41 Å². The summed E-state index contributed by atoms with van der Waals surface area (Å²) in [6.07, 6.45) is 10.0. The number of likely N-dealkylation sites (tertiary alicyclic amines) is 1. The predicted molar refractivity (Wildman–Crippen MR) is 171 cm³/mol. The van der Waals surface area contributed by atoms with Crippen LogP contribution in [0.5, 0.6) is 0 Å². The molecule has 2 saturated heterocycles. The maximum atomic E-state index is 14.0. The van der Waals surface area contributed by atoms with Gasteiger partial charge in [0, 0.05) is 56.2 Å². The molecule has 0 aliphatic carbocycles. The average Bonchev–Trinajstić information content (AvgIpc) is 3.05. The maximum Gasteiger partial charge on any atom is 0.264 e. The summed E-state index contributed by atoms with van der Waals surface area (Å²) < 4.78 is 29.6. The summed E-state index contributed by atoms with van der Waals surface area (Å²) in [6, 6.07) is 23.2. The molecule has 2 fully saturated rings. The molecule has 0 radical (unpaired) electrons. The van der Waals surface area contributed by atoms with E-state index in [0.717, 1.165) is 86.6 Å². The summed E-state index contributed by atoms with van der Waals surface area (Å²) in [5.74, 6) is 0.128. The Kier molecular flexibility index (Phi) is 7.33. The largest absolute Gasteiger partial charge is 0.371 e. The number of carbonyl (C=O) groups is 1. The lowest BCUT2D eigenvalue weighted by Crippen LogP contribution is -2.48. The number of piperidine rings is 2. The Balaban J connectivity index is 1.03. The summed E-state index contributed by atoms with van der Waals surface area (Å²) in [5, 5.41) is 1.64. The van der Waals surface area contributed by atoms with Gasteiger partial charge in [-0.25, -0.2) is 8.42 Å². The molecule has 1 aromatic heterocycles. The Morgan fingerprint density at radius 1 is 0.814 bits per heavy atom. The second kappa shape index (κ2) is 11.3. The maximum absolute atomic E-state index is 14.0. The molecule has 1 amide bonds. The first-order valence-corrected chi connectivity index (χ1v) is 16.9. The lowest BCUT2D eigenvalue weighted by Gasteiger charge is -2.47. The fraction of sp³-hybridized carbons (Fsp3) is 0.371. The minimum absolute atomic E-state index is 0.128. The standard InChI is InChI=1S/C35H38N4O3S/c40-34(38-23-16-35(17-24-38)14-21-37(22-15-35)30-12-18-36-19-13-30)26-27-10-11-29-7-4-20-39(32(29)25-27)43(41,42)33-9-3-6-28-5-1-2-8-31(28)33/h1-3,5-6,8-13,18-19,25H,4,7,14-17,20-24,26H2. The summed E-state index contributed by atoms with van der Waals surface area (Å²) in [5.41, 5.74) is 4.16. The minimum Gasteiger partial charge on any atom is -0.371 e. The van der Waals surface area contributed by atoms with Crippen molar-refractivity contribution in [1.29, 1.82) is 0 Å². The van der Waals surface area contributed by atoms with Crippen LogP contribution < -0.4 is 9.21 Å². The monoisotopic (exact) mass is 594 g/mol. The van der Waals surface area contributed by atoms with E-state index in [0.29, 0.717) is 22.5 Å². The van der Waals surface area contributed by atoms with Crippen LogP contribution in [0.3, 0.4) is 0 Å². The van der Waals surface area contributed by atoms with Gasteiger partial charge < -0.3 is 9.80 Å². The first-order valence-electron chi connectivity index (χ1n) is 15.5. The van der Waals surface area contributed by atoms with Gasteiger partial charge in [-0.05, 0) is 84.7 Å². The van der Waals surface area contributed by atoms with Crippen LogP contribution >= 0.6 is 0 Å². The normalized spacial score (nSPS) is 18.6. The molecule has 0 atom stereocenters. The summed E-state index contributed by atoms with van der Waals surface area (Å²) >= 11 is 0. The van der Waals surface area contributed by atoms with Crippen LogP contribution in [-0.2, 0) is 27.7 Å². The highest BCUT2D eigenvalue weighted by Gasteiger charge is 2.38. The van der Waals surface area contributed by atoms with E-state index in [2.05, 4.69) is 22.0 Å². The van der Waals surface area contributed by atoms with Gasteiger partial charge in [0.2, 0.25) is 5.91 Å². The average molecular weight is 595 g/mol. The number of benzene rings is 3. The van der Waals surface area contributed by atoms with Crippen molar-refractivity contribution in [2.24, 2.45) is 5.41 Å². The molecule has 3 aliphatic rings. The number of carbonyl (C=O) groups excluding carboxylic acids is 1. The van der Waals surface area contributed by atoms with Crippen molar-refractivity contribution in [1.82, 2.24) is 9.88 Å². The van der Waals surface area contributed by atoms with Gasteiger partial charge in [-0.15, -0.1) is 0 Å². The lowest BCUT2D eigenvalue weighted by molar-refractivity contribution is -0.133. The number of fused-ring (bicyclic) bond motifs is 2. The van der Waals surface area contributed by atoms with E-state index in [9.17, 15) is 13.2 Å². The fourth-order valence-corrected chi connectivity index (χ4v) is 9.05. The molecule has 4 aromatic rings. The molecule has 0 bridgehead atoms. The van der Waals surface area contributed by atoms with Crippen LogP contribution in [0.1, 0.15) is 43.2 Å². The Bertz CT molecular complexity index is 1730. The zero-order chi connectivity index (χ0) is 29.4.